The Bertz CT molecular complexity index is 544. The Balaban J connectivity index is 2.23. The molecular formula is C12H13BrN2OS. The molecule has 0 unspecified atom stereocenters. The van der Waals surface area contributed by atoms with Crippen LogP contribution in [0.2, 0.25) is 0 Å². The molecular weight excluding hydrogens is 300 g/mol. The molecule has 5 heteroatoms. The van der Waals surface area contributed by atoms with Gasteiger partial charge < -0.3 is 0 Å². The number of nitrogens with zero attached hydrogens (tertiary/aromatic N) is 2. The van der Waals surface area contributed by atoms with Crippen LogP contribution in [0, 0.1) is 0 Å². The van der Waals surface area contributed by atoms with Gasteiger partial charge in [-0.3, -0.25) is 9.48 Å². The summed E-state index contributed by atoms with van der Waals surface area (Å²) < 4.78 is 2.72. The van der Waals surface area contributed by atoms with Crippen molar-refractivity contribution in [3.63, 3.8) is 0 Å². The normalized spacial score (nSPS) is 10.8. The fourth-order valence-corrected chi connectivity index (χ4v) is 3.21. The average molecular weight is 313 g/mol. The molecule has 0 N–H and O–H groups in total. The van der Waals surface area contributed by atoms with Crippen LogP contribution >= 0.6 is 27.3 Å². The number of hydrogen-bond donors (Lipinski definition) is 0. The minimum Gasteiger partial charge on any atom is -0.294 e. The minimum atomic E-state index is 0.137. The Morgan fingerprint density at radius 1 is 1.59 bits per heavy atom. The zero-order valence-corrected chi connectivity index (χ0v) is 12.1. The van der Waals surface area contributed by atoms with Crippen molar-refractivity contribution >= 4 is 33.0 Å². The molecule has 0 saturated heterocycles. The third kappa shape index (κ3) is 2.66. The molecule has 0 saturated carbocycles. The van der Waals surface area contributed by atoms with Crippen LogP contribution in [-0.2, 0) is 19.9 Å². The summed E-state index contributed by atoms with van der Waals surface area (Å²) in [5, 5.41) is 6.27. The van der Waals surface area contributed by atoms with Gasteiger partial charge in [-0.25, -0.2) is 0 Å². The molecule has 0 spiro atoms. The molecule has 2 rings (SSSR count). The van der Waals surface area contributed by atoms with Gasteiger partial charge in [-0.2, -0.15) is 5.10 Å². The number of aryl methyl sites for hydroxylation is 2. The SMILES string of the molecule is CCc1nn(C)cc1C(=O)Cc1sccc1Br. The molecule has 17 heavy (non-hydrogen) atoms. The van der Waals surface area contributed by atoms with Crippen LogP contribution < -0.4 is 0 Å². The topological polar surface area (TPSA) is 34.9 Å². The van der Waals surface area contributed by atoms with Gasteiger partial charge in [0.15, 0.2) is 5.78 Å². The van der Waals surface area contributed by atoms with Crippen LogP contribution in [0.3, 0.4) is 0 Å². The second-order valence-electron chi connectivity index (χ2n) is 3.81. The summed E-state index contributed by atoms with van der Waals surface area (Å²) in [5.74, 6) is 0.137. The summed E-state index contributed by atoms with van der Waals surface area (Å²) in [7, 11) is 1.84. The summed E-state index contributed by atoms with van der Waals surface area (Å²) in [6.45, 7) is 2.01. The summed E-state index contributed by atoms with van der Waals surface area (Å²) in [4.78, 5) is 13.3. The van der Waals surface area contributed by atoms with E-state index in [1.54, 1.807) is 16.0 Å². The van der Waals surface area contributed by atoms with Crippen LogP contribution in [-0.4, -0.2) is 15.6 Å². The number of aromatic nitrogens is 2. The van der Waals surface area contributed by atoms with E-state index in [9.17, 15) is 4.79 Å². The largest absolute Gasteiger partial charge is 0.294 e. The molecule has 3 nitrogen and oxygen atoms in total. The number of carbonyl (C=O) groups excluding carboxylic acids is 1. The minimum absolute atomic E-state index is 0.137. The highest BCUT2D eigenvalue weighted by Gasteiger charge is 2.16. The van der Waals surface area contributed by atoms with E-state index in [0.717, 1.165) is 27.0 Å². The molecule has 0 atom stereocenters. The first-order valence-electron chi connectivity index (χ1n) is 5.39. The molecule has 90 valence electrons. The zero-order valence-electron chi connectivity index (χ0n) is 9.74. The zero-order chi connectivity index (χ0) is 12.4. The molecule has 0 amide bonds. The van der Waals surface area contributed by atoms with Crippen molar-refractivity contribution < 1.29 is 4.79 Å². The molecule has 2 aromatic rings. The Morgan fingerprint density at radius 2 is 2.35 bits per heavy atom. The van der Waals surface area contributed by atoms with E-state index in [1.807, 2.05) is 31.6 Å². The van der Waals surface area contributed by atoms with Crippen molar-refractivity contribution in [1.82, 2.24) is 9.78 Å². The van der Waals surface area contributed by atoms with Gasteiger partial charge in [0.05, 0.1) is 11.3 Å². The van der Waals surface area contributed by atoms with Crippen LogP contribution in [0.5, 0.6) is 0 Å². The van der Waals surface area contributed by atoms with E-state index in [1.165, 1.54) is 0 Å². The lowest BCUT2D eigenvalue weighted by atomic mass is 10.1. The maximum atomic E-state index is 12.2. The Hall–Kier alpha value is -0.940. The number of Topliss-reactive ketones (excluding diaryl/α,β-unsaturated/α-hetero) is 1. The van der Waals surface area contributed by atoms with Crippen LogP contribution in [0.4, 0.5) is 0 Å². The molecule has 0 aliphatic carbocycles. The highest BCUT2D eigenvalue weighted by atomic mass is 79.9. The molecule has 0 aliphatic rings. The van der Waals surface area contributed by atoms with E-state index < -0.39 is 0 Å². The van der Waals surface area contributed by atoms with Crippen molar-refractivity contribution in [2.45, 2.75) is 19.8 Å². The Labute approximate surface area is 113 Å². The van der Waals surface area contributed by atoms with Gasteiger partial charge in [0.2, 0.25) is 0 Å². The first kappa shape index (κ1) is 12.5. The quantitative estimate of drug-likeness (QED) is 0.812. The molecule has 0 fully saturated rings. The van der Waals surface area contributed by atoms with Gasteiger partial charge >= 0.3 is 0 Å². The summed E-state index contributed by atoms with van der Waals surface area (Å²) in [6.07, 6.45) is 3.03. The third-order valence-corrected chi connectivity index (χ3v) is 4.48. The predicted octanol–water partition coefficient (Wildman–Crippen LogP) is 3.23. The van der Waals surface area contributed by atoms with Crippen molar-refractivity contribution in [3.05, 3.63) is 38.3 Å². The maximum Gasteiger partial charge on any atom is 0.171 e. The Morgan fingerprint density at radius 3 is 2.94 bits per heavy atom. The number of hydrogen-bond acceptors (Lipinski definition) is 3. The van der Waals surface area contributed by atoms with Gasteiger partial charge in [-0.15, -0.1) is 11.3 Å². The molecule has 2 heterocycles. The lowest BCUT2D eigenvalue weighted by molar-refractivity contribution is 0.0992. The van der Waals surface area contributed by atoms with E-state index in [4.69, 9.17) is 0 Å². The van der Waals surface area contributed by atoms with Gasteiger partial charge in [0.1, 0.15) is 0 Å². The second-order valence-corrected chi connectivity index (χ2v) is 5.66. The maximum absolute atomic E-state index is 12.2. The summed E-state index contributed by atoms with van der Waals surface area (Å²) in [6, 6.07) is 1.97. The fraction of sp³-hybridized carbons (Fsp3) is 0.333. The Kier molecular flexibility index (Phi) is 3.79. The molecule has 0 radical (unpaired) electrons. The highest BCUT2D eigenvalue weighted by Crippen LogP contribution is 2.24. The second kappa shape index (κ2) is 5.14. The summed E-state index contributed by atoms with van der Waals surface area (Å²) >= 11 is 5.04. The molecule has 0 bridgehead atoms. The number of thiophene rings is 1. The standard InChI is InChI=1S/C12H13BrN2OS/c1-3-10-8(7-15(2)14-10)11(16)6-12-9(13)4-5-17-12/h4-5,7H,3,6H2,1-2H3. The number of carbonyl (C=O) groups is 1. The number of halogens is 1. The van der Waals surface area contributed by atoms with Crippen LogP contribution in [0.25, 0.3) is 0 Å². The highest BCUT2D eigenvalue weighted by molar-refractivity contribution is 9.10. The lowest BCUT2D eigenvalue weighted by Gasteiger charge is -1.99. The molecule has 0 aliphatic heterocycles. The van der Waals surface area contributed by atoms with E-state index in [2.05, 4.69) is 21.0 Å². The average Bonchev–Trinajstić information content (AvgIpc) is 2.85. The summed E-state index contributed by atoms with van der Waals surface area (Å²) in [5.41, 5.74) is 1.63. The van der Waals surface area contributed by atoms with Crippen molar-refractivity contribution in [2.75, 3.05) is 0 Å². The lowest BCUT2D eigenvalue weighted by Crippen LogP contribution is -2.04. The van der Waals surface area contributed by atoms with E-state index in [0.29, 0.717) is 6.42 Å². The van der Waals surface area contributed by atoms with Crippen LogP contribution in [0.15, 0.2) is 22.1 Å². The van der Waals surface area contributed by atoms with Crippen molar-refractivity contribution in [1.29, 1.82) is 0 Å². The van der Waals surface area contributed by atoms with E-state index in [-0.39, 0.29) is 5.78 Å². The van der Waals surface area contributed by atoms with Gasteiger partial charge in [0.25, 0.3) is 0 Å². The first-order chi connectivity index (χ1) is 8.11. The van der Waals surface area contributed by atoms with Gasteiger partial charge in [-0.05, 0) is 33.8 Å². The molecule has 2 aromatic heterocycles. The monoisotopic (exact) mass is 312 g/mol. The van der Waals surface area contributed by atoms with Crippen molar-refractivity contribution in [3.8, 4) is 0 Å². The van der Waals surface area contributed by atoms with Gasteiger partial charge in [-0.1, -0.05) is 6.92 Å². The first-order valence-corrected chi connectivity index (χ1v) is 7.06. The number of ketones is 1. The van der Waals surface area contributed by atoms with Crippen LogP contribution in [0.1, 0.15) is 27.9 Å². The van der Waals surface area contributed by atoms with Crippen molar-refractivity contribution in [2.24, 2.45) is 7.05 Å². The smallest absolute Gasteiger partial charge is 0.171 e. The number of rotatable bonds is 4. The third-order valence-electron chi connectivity index (χ3n) is 2.55. The van der Waals surface area contributed by atoms with Gasteiger partial charge in [0, 0.05) is 29.0 Å². The van der Waals surface area contributed by atoms with E-state index >= 15 is 0 Å². The molecule has 0 aromatic carbocycles. The fourth-order valence-electron chi connectivity index (χ4n) is 1.72. The predicted molar refractivity (Wildman–Crippen MR) is 72.6 cm³/mol.